The van der Waals surface area contributed by atoms with Crippen molar-refractivity contribution in [3.8, 4) is 5.75 Å². The van der Waals surface area contributed by atoms with Crippen molar-refractivity contribution in [1.29, 1.82) is 0 Å². The van der Waals surface area contributed by atoms with E-state index in [9.17, 15) is 4.79 Å². The number of anilines is 2. The highest BCUT2D eigenvalue weighted by Gasteiger charge is 2.30. The molecule has 3 rings (SSSR count). The molecule has 1 aliphatic heterocycles. The number of H-pyrrole nitrogens is 1. The molecule has 6 heteroatoms. The summed E-state index contributed by atoms with van der Waals surface area (Å²) < 4.78 is 5.49. The normalized spacial score (nSPS) is 16.8. The van der Waals surface area contributed by atoms with Crippen molar-refractivity contribution >= 4 is 17.4 Å². The largest absolute Gasteiger partial charge is 0.492 e. The fraction of sp³-hybridized carbons (Fsp3) is 0.231. The molecule has 2 aromatic rings. The van der Waals surface area contributed by atoms with Gasteiger partial charge in [0.1, 0.15) is 18.3 Å². The van der Waals surface area contributed by atoms with Gasteiger partial charge >= 0.3 is 0 Å². The van der Waals surface area contributed by atoms with Crippen LogP contribution in [0.5, 0.6) is 5.75 Å². The first kappa shape index (κ1) is 11.6. The highest BCUT2D eigenvalue weighted by Crippen LogP contribution is 2.34. The number of benzene rings is 1. The molecule has 1 amide bonds. The summed E-state index contributed by atoms with van der Waals surface area (Å²) in [5.41, 5.74) is 7.89. The summed E-state index contributed by atoms with van der Waals surface area (Å²) in [5.74, 6) is 0.636. The number of carbonyl (C=O) groups excluding carboxylic acids is 1. The van der Waals surface area contributed by atoms with Crippen molar-refractivity contribution in [2.75, 3.05) is 17.7 Å². The van der Waals surface area contributed by atoms with E-state index in [0.29, 0.717) is 18.1 Å². The van der Waals surface area contributed by atoms with Gasteiger partial charge in [0.05, 0.1) is 11.4 Å². The molecule has 1 aromatic heterocycles. The predicted molar refractivity (Wildman–Crippen MR) is 71.0 cm³/mol. The van der Waals surface area contributed by atoms with E-state index in [1.807, 2.05) is 24.3 Å². The number of aryl methyl sites for hydroxylation is 1. The molecule has 4 N–H and O–H groups in total. The molecule has 0 aliphatic carbocycles. The van der Waals surface area contributed by atoms with Crippen LogP contribution in [0.4, 0.5) is 11.5 Å². The fourth-order valence-electron chi connectivity index (χ4n) is 2.12. The molecule has 0 radical (unpaired) electrons. The fourth-order valence-corrected chi connectivity index (χ4v) is 2.12. The molecule has 0 spiro atoms. The number of hydrogen-bond acceptors (Lipinski definition) is 4. The number of fused-ring (bicyclic) bond motifs is 1. The molecule has 0 bridgehead atoms. The lowest BCUT2D eigenvalue weighted by atomic mass is 10.0. The highest BCUT2D eigenvalue weighted by molar-refractivity contribution is 5.98. The summed E-state index contributed by atoms with van der Waals surface area (Å²) in [4.78, 5) is 12.2. The Labute approximate surface area is 110 Å². The number of ether oxygens (including phenoxy) is 1. The Hall–Kier alpha value is -2.50. The number of nitrogens with zero attached hydrogens (tertiary/aromatic N) is 1. The average molecular weight is 258 g/mol. The molecule has 1 atom stereocenters. The average Bonchev–Trinajstić information content (AvgIpc) is 2.97. The molecular weight excluding hydrogens is 244 g/mol. The molecule has 0 fully saturated rings. The predicted octanol–water partition coefficient (Wildman–Crippen LogP) is 1.42. The molecule has 1 unspecified atom stereocenters. The number of nitrogens with two attached hydrogens (primary N) is 1. The Morgan fingerprint density at radius 3 is 3.05 bits per heavy atom. The number of hydrogen-bond donors (Lipinski definition) is 3. The molecule has 1 aromatic carbocycles. The lowest BCUT2D eigenvalue weighted by molar-refractivity contribution is -0.117. The first-order valence-electron chi connectivity index (χ1n) is 6.00. The number of nitrogens with one attached hydrogen (secondary N) is 2. The van der Waals surface area contributed by atoms with Gasteiger partial charge < -0.3 is 15.8 Å². The van der Waals surface area contributed by atoms with Crippen molar-refractivity contribution in [3.05, 3.63) is 35.5 Å². The van der Waals surface area contributed by atoms with E-state index in [2.05, 4.69) is 15.5 Å². The van der Waals surface area contributed by atoms with Gasteiger partial charge in [0.25, 0.3) is 0 Å². The third-order valence-electron chi connectivity index (χ3n) is 3.25. The SMILES string of the molecule is Cc1[nH]nc(NC(=O)C2COc3ccccc32)c1N. The number of carbonyl (C=O) groups is 1. The summed E-state index contributed by atoms with van der Waals surface area (Å²) >= 11 is 0. The first-order valence-corrected chi connectivity index (χ1v) is 6.00. The van der Waals surface area contributed by atoms with Gasteiger partial charge in [-0.05, 0) is 13.0 Å². The van der Waals surface area contributed by atoms with Crippen LogP contribution in [-0.4, -0.2) is 22.7 Å². The molecule has 1 aliphatic rings. The third-order valence-corrected chi connectivity index (χ3v) is 3.25. The van der Waals surface area contributed by atoms with E-state index >= 15 is 0 Å². The minimum atomic E-state index is -0.326. The van der Waals surface area contributed by atoms with Crippen LogP contribution in [0.2, 0.25) is 0 Å². The Balaban J connectivity index is 1.81. The third kappa shape index (κ3) is 1.91. The van der Waals surface area contributed by atoms with Gasteiger partial charge in [0.15, 0.2) is 5.82 Å². The van der Waals surface area contributed by atoms with Gasteiger partial charge in [0.2, 0.25) is 5.91 Å². The van der Waals surface area contributed by atoms with Gasteiger partial charge in [-0.3, -0.25) is 9.89 Å². The minimum Gasteiger partial charge on any atom is -0.492 e. The van der Waals surface area contributed by atoms with Crippen molar-refractivity contribution in [3.63, 3.8) is 0 Å². The first-order chi connectivity index (χ1) is 9.16. The monoisotopic (exact) mass is 258 g/mol. The van der Waals surface area contributed by atoms with Crippen molar-refractivity contribution in [1.82, 2.24) is 10.2 Å². The summed E-state index contributed by atoms with van der Waals surface area (Å²) in [6.07, 6.45) is 0. The van der Waals surface area contributed by atoms with Crippen LogP contribution >= 0.6 is 0 Å². The lowest BCUT2D eigenvalue weighted by Crippen LogP contribution is -2.22. The van der Waals surface area contributed by atoms with Crippen LogP contribution in [0.25, 0.3) is 0 Å². The Morgan fingerprint density at radius 2 is 2.32 bits per heavy atom. The second-order valence-electron chi connectivity index (χ2n) is 4.50. The molecule has 0 saturated heterocycles. The maximum Gasteiger partial charge on any atom is 0.236 e. The van der Waals surface area contributed by atoms with E-state index in [1.54, 1.807) is 6.92 Å². The van der Waals surface area contributed by atoms with E-state index in [-0.39, 0.29) is 11.8 Å². The number of amides is 1. The van der Waals surface area contributed by atoms with Crippen LogP contribution < -0.4 is 15.8 Å². The van der Waals surface area contributed by atoms with E-state index in [4.69, 9.17) is 10.5 Å². The van der Waals surface area contributed by atoms with Gasteiger partial charge in [-0.1, -0.05) is 18.2 Å². The van der Waals surface area contributed by atoms with E-state index < -0.39 is 0 Å². The second-order valence-corrected chi connectivity index (χ2v) is 4.50. The number of para-hydroxylation sites is 1. The van der Waals surface area contributed by atoms with Gasteiger partial charge in [-0.15, -0.1) is 0 Å². The van der Waals surface area contributed by atoms with Gasteiger partial charge in [-0.2, -0.15) is 5.10 Å². The van der Waals surface area contributed by atoms with Gasteiger partial charge in [-0.25, -0.2) is 0 Å². The van der Waals surface area contributed by atoms with Crippen LogP contribution in [0, 0.1) is 6.92 Å². The zero-order valence-electron chi connectivity index (χ0n) is 10.4. The number of aromatic nitrogens is 2. The van der Waals surface area contributed by atoms with Crippen molar-refractivity contribution in [2.24, 2.45) is 0 Å². The highest BCUT2D eigenvalue weighted by atomic mass is 16.5. The molecule has 19 heavy (non-hydrogen) atoms. The van der Waals surface area contributed by atoms with E-state index in [1.165, 1.54) is 0 Å². The zero-order chi connectivity index (χ0) is 13.4. The van der Waals surface area contributed by atoms with Crippen LogP contribution in [0.3, 0.4) is 0 Å². The Bertz CT molecular complexity index is 635. The topological polar surface area (TPSA) is 93.0 Å². The van der Waals surface area contributed by atoms with Gasteiger partial charge in [0, 0.05) is 5.56 Å². The Morgan fingerprint density at radius 1 is 1.53 bits per heavy atom. The second kappa shape index (κ2) is 4.31. The number of nitrogen functional groups attached to an aromatic ring is 1. The molecule has 2 heterocycles. The van der Waals surface area contributed by atoms with Crippen molar-refractivity contribution < 1.29 is 9.53 Å². The zero-order valence-corrected chi connectivity index (χ0v) is 10.4. The molecular formula is C13H14N4O2. The summed E-state index contributed by atoms with van der Waals surface area (Å²) in [5, 5.41) is 9.42. The summed E-state index contributed by atoms with van der Waals surface area (Å²) in [6, 6.07) is 7.52. The smallest absolute Gasteiger partial charge is 0.236 e. The van der Waals surface area contributed by atoms with E-state index in [0.717, 1.165) is 17.0 Å². The van der Waals surface area contributed by atoms with Crippen LogP contribution in [0.15, 0.2) is 24.3 Å². The molecule has 0 saturated carbocycles. The standard InChI is InChI=1S/C13H14N4O2/c1-7-11(14)12(17-16-7)15-13(18)9-6-19-10-5-3-2-4-8(9)10/h2-5,9H,6,14H2,1H3,(H2,15,16,17,18). The number of rotatable bonds is 2. The molecule has 6 nitrogen and oxygen atoms in total. The maximum atomic E-state index is 12.2. The summed E-state index contributed by atoms with van der Waals surface area (Å²) in [7, 11) is 0. The van der Waals surface area contributed by atoms with Crippen molar-refractivity contribution in [2.45, 2.75) is 12.8 Å². The Kier molecular flexibility index (Phi) is 2.63. The number of aromatic amines is 1. The quantitative estimate of drug-likeness (QED) is 0.759. The maximum absolute atomic E-state index is 12.2. The van der Waals surface area contributed by atoms with Crippen LogP contribution in [0.1, 0.15) is 17.2 Å². The van der Waals surface area contributed by atoms with Crippen LogP contribution in [-0.2, 0) is 4.79 Å². The summed E-state index contributed by atoms with van der Waals surface area (Å²) in [6.45, 7) is 2.14. The minimum absolute atomic E-state index is 0.164. The lowest BCUT2D eigenvalue weighted by Gasteiger charge is -2.08. The molecule has 98 valence electrons.